The predicted octanol–water partition coefficient (Wildman–Crippen LogP) is 3.28. The van der Waals surface area contributed by atoms with Crippen LogP contribution in [0, 0.1) is 0 Å². The maximum atomic E-state index is 12.6. The lowest BCUT2D eigenvalue weighted by atomic mass is 10.0. The number of methoxy groups -OCH3 is 1. The van der Waals surface area contributed by atoms with Gasteiger partial charge in [-0.15, -0.1) is 0 Å². The fourth-order valence-corrected chi connectivity index (χ4v) is 3.00. The van der Waals surface area contributed by atoms with E-state index >= 15 is 0 Å². The van der Waals surface area contributed by atoms with Crippen molar-refractivity contribution < 1.29 is 27.2 Å². The van der Waals surface area contributed by atoms with E-state index in [-0.39, 0.29) is 24.4 Å². The number of hydrogen-bond acceptors (Lipinski definition) is 6. The summed E-state index contributed by atoms with van der Waals surface area (Å²) in [6.07, 6.45) is -1.80. The van der Waals surface area contributed by atoms with Gasteiger partial charge in [0.25, 0.3) is 0 Å². The van der Waals surface area contributed by atoms with E-state index < -0.39 is 11.7 Å². The highest BCUT2D eigenvalue weighted by atomic mass is 19.4. The third-order valence-corrected chi connectivity index (χ3v) is 4.36. The van der Waals surface area contributed by atoms with Crippen LogP contribution in [0.4, 0.5) is 13.2 Å². The lowest BCUT2D eigenvalue weighted by Crippen LogP contribution is -2.44. The van der Waals surface area contributed by atoms with E-state index in [0.717, 1.165) is 25.0 Å². The number of ether oxygens (including phenoxy) is 1. The molecule has 1 aromatic heterocycles. The van der Waals surface area contributed by atoms with Gasteiger partial charge in [0.05, 0.1) is 19.2 Å². The van der Waals surface area contributed by atoms with Gasteiger partial charge in [0.1, 0.15) is 6.04 Å². The number of esters is 1. The number of carbonyl (C=O) groups excluding carboxylic acids is 1. The summed E-state index contributed by atoms with van der Waals surface area (Å²) in [6, 6.07) is 4.20. The average molecular weight is 369 g/mol. The fourth-order valence-electron chi connectivity index (χ4n) is 3.00. The van der Waals surface area contributed by atoms with Gasteiger partial charge in [0.2, 0.25) is 11.7 Å². The molecule has 0 unspecified atom stereocenters. The topological polar surface area (TPSA) is 68.5 Å². The molecule has 2 aromatic rings. The number of piperidine rings is 1. The second-order valence-electron chi connectivity index (χ2n) is 6.09. The molecule has 26 heavy (non-hydrogen) atoms. The van der Waals surface area contributed by atoms with Gasteiger partial charge in [-0.3, -0.25) is 9.69 Å². The Bertz CT molecular complexity index is 759. The molecule has 1 aliphatic rings. The number of carbonyl (C=O) groups is 1. The van der Waals surface area contributed by atoms with E-state index in [9.17, 15) is 18.0 Å². The Hall–Kier alpha value is -2.42. The van der Waals surface area contributed by atoms with Crippen LogP contribution in [-0.2, 0) is 22.3 Å². The number of hydrogen-bond donors (Lipinski definition) is 0. The number of benzene rings is 1. The lowest BCUT2D eigenvalue weighted by molar-refractivity contribution is -0.148. The fraction of sp³-hybridized carbons (Fsp3) is 0.471. The van der Waals surface area contributed by atoms with Crippen LogP contribution >= 0.6 is 0 Å². The Morgan fingerprint density at radius 1 is 1.31 bits per heavy atom. The molecule has 1 fully saturated rings. The molecule has 3 rings (SSSR count). The number of alkyl halides is 3. The third kappa shape index (κ3) is 4.04. The first-order valence-electron chi connectivity index (χ1n) is 8.20. The Balaban J connectivity index is 1.72. The predicted molar refractivity (Wildman–Crippen MR) is 84.8 cm³/mol. The van der Waals surface area contributed by atoms with E-state index in [2.05, 4.69) is 10.1 Å². The molecule has 2 heterocycles. The van der Waals surface area contributed by atoms with Crippen molar-refractivity contribution in [2.24, 2.45) is 0 Å². The summed E-state index contributed by atoms with van der Waals surface area (Å²) in [5, 5.41) is 3.82. The Labute approximate surface area is 147 Å². The van der Waals surface area contributed by atoms with Crippen LogP contribution in [0.25, 0.3) is 11.4 Å². The number of likely N-dealkylation sites (tertiary alicyclic amines) is 1. The van der Waals surface area contributed by atoms with Gasteiger partial charge in [0.15, 0.2) is 0 Å². The van der Waals surface area contributed by atoms with Crippen molar-refractivity contribution in [2.75, 3.05) is 13.7 Å². The standard InChI is InChI=1S/C17H18F3N3O3/c1-25-16(24)13-4-2-3-9-23(13)10-14-21-15(22-26-14)11-5-7-12(8-6-11)17(18,19)20/h5-8,13H,2-4,9-10H2,1H3/t13-/m0/s1. The van der Waals surface area contributed by atoms with Gasteiger partial charge >= 0.3 is 12.1 Å². The SMILES string of the molecule is COC(=O)[C@@H]1CCCCN1Cc1nc(-c2ccc(C(F)(F)F)cc2)no1. The largest absolute Gasteiger partial charge is 0.468 e. The van der Waals surface area contributed by atoms with Crippen molar-refractivity contribution in [1.82, 2.24) is 15.0 Å². The van der Waals surface area contributed by atoms with Crippen LogP contribution in [-0.4, -0.2) is 40.7 Å². The number of halogens is 3. The maximum Gasteiger partial charge on any atom is 0.416 e. The molecule has 0 aliphatic carbocycles. The zero-order chi connectivity index (χ0) is 18.7. The Kier molecular flexibility index (Phi) is 5.26. The van der Waals surface area contributed by atoms with Crippen LogP contribution in [0.5, 0.6) is 0 Å². The van der Waals surface area contributed by atoms with Gasteiger partial charge in [-0.25, -0.2) is 0 Å². The quantitative estimate of drug-likeness (QED) is 0.771. The minimum Gasteiger partial charge on any atom is -0.468 e. The molecule has 0 N–H and O–H groups in total. The van der Waals surface area contributed by atoms with Gasteiger partial charge in [-0.05, 0) is 31.5 Å². The molecule has 140 valence electrons. The molecule has 6 nitrogen and oxygen atoms in total. The molecule has 9 heteroatoms. The average Bonchev–Trinajstić information content (AvgIpc) is 3.09. The molecule has 0 spiro atoms. The summed E-state index contributed by atoms with van der Waals surface area (Å²) in [5.74, 6) is 0.211. The highest BCUT2D eigenvalue weighted by Gasteiger charge is 2.31. The minimum atomic E-state index is -4.39. The highest BCUT2D eigenvalue weighted by Crippen LogP contribution is 2.30. The summed E-state index contributed by atoms with van der Waals surface area (Å²) in [6.45, 7) is 0.991. The number of nitrogens with zero attached hydrogens (tertiary/aromatic N) is 3. The summed E-state index contributed by atoms with van der Waals surface area (Å²) >= 11 is 0. The maximum absolute atomic E-state index is 12.6. The molecular weight excluding hydrogens is 351 g/mol. The summed E-state index contributed by atoms with van der Waals surface area (Å²) in [7, 11) is 1.35. The van der Waals surface area contributed by atoms with Gasteiger partial charge in [-0.1, -0.05) is 23.7 Å². The second kappa shape index (κ2) is 7.45. The van der Waals surface area contributed by atoms with Crippen molar-refractivity contribution in [3.63, 3.8) is 0 Å². The zero-order valence-electron chi connectivity index (χ0n) is 14.1. The summed E-state index contributed by atoms with van der Waals surface area (Å²) in [4.78, 5) is 18.0. The van der Waals surface area contributed by atoms with Gasteiger partial charge in [0, 0.05) is 5.56 Å². The molecule has 1 saturated heterocycles. The van der Waals surface area contributed by atoms with Crippen molar-refractivity contribution in [1.29, 1.82) is 0 Å². The Morgan fingerprint density at radius 3 is 2.69 bits per heavy atom. The van der Waals surface area contributed by atoms with Crippen LogP contribution in [0.2, 0.25) is 0 Å². The smallest absolute Gasteiger partial charge is 0.416 e. The van der Waals surface area contributed by atoms with Crippen LogP contribution in [0.15, 0.2) is 28.8 Å². The van der Waals surface area contributed by atoms with Crippen LogP contribution < -0.4 is 0 Å². The molecule has 1 atom stereocenters. The van der Waals surface area contributed by atoms with Crippen molar-refractivity contribution in [3.05, 3.63) is 35.7 Å². The first kappa shape index (κ1) is 18.4. The zero-order valence-corrected chi connectivity index (χ0v) is 14.1. The second-order valence-corrected chi connectivity index (χ2v) is 6.09. The number of aromatic nitrogens is 2. The summed E-state index contributed by atoms with van der Waals surface area (Å²) < 4.78 is 47.9. The molecule has 1 aromatic carbocycles. The van der Waals surface area contributed by atoms with E-state index in [1.807, 2.05) is 4.90 Å². The van der Waals surface area contributed by atoms with E-state index in [0.29, 0.717) is 24.4 Å². The van der Waals surface area contributed by atoms with Crippen molar-refractivity contribution in [2.45, 2.75) is 38.0 Å². The number of rotatable bonds is 4. The normalized spacial score (nSPS) is 18.7. The van der Waals surface area contributed by atoms with Crippen LogP contribution in [0.1, 0.15) is 30.7 Å². The molecule has 0 radical (unpaired) electrons. The molecule has 0 bridgehead atoms. The van der Waals surface area contributed by atoms with Crippen molar-refractivity contribution >= 4 is 5.97 Å². The first-order valence-corrected chi connectivity index (χ1v) is 8.20. The Morgan fingerprint density at radius 2 is 2.04 bits per heavy atom. The van der Waals surface area contributed by atoms with Gasteiger partial charge < -0.3 is 9.26 Å². The highest BCUT2D eigenvalue weighted by molar-refractivity contribution is 5.75. The first-order chi connectivity index (χ1) is 12.4. The summed E-state index contributed by atoms with van der Waals surface area (Å²) in [5.41, 5.74) is -0.310. The van der Waals surface area contributed by atoms with Crippen molar-refractivity contribution in [3.8, 4) is 11.4 Å². The van der Waals surface area contributed by atoms with Crippen LogP contribution in [0.3, 0.4) is 0 Å². The molecule has 0 amide bonds. The molecular formula is C17H18F3N3O3. The van der Waals surface area contributed by atoms with E-state index in [4.69, 9.17) is 9.26 Å². The van der Waals surface area contributed by atoms with Gasteiger partial charge in [-0.2, -0.15) is 18.2 Å². The third-order valence-electron chi connectivity index (χ3n) is 4.36. The lowest BCUT2D eigenvalue weighted by Gasteiger charge is -2.32. The monoisotopic (exact) mass is 369 g/mol. The molecule has 1 aliphatic heterocycles. The molecule has 0 saturated carbocycles. The van der Waals surface area contributed by atoms with E-state index in [1.165, 1.54) is 19.2 Å². The van der Waals surface area contributed by atoms with E-state index in [1.54, 1.807) is 0 Å². The minimum absolute atomic E-state index is 0.209.